The van der Waals surface area contributed by atoms with E-state index < -0.39 is 30.6 Å². The normalized spacial score (nSPS) is 18.3. The molecule has 1 aromatic carbocycles. The van der Waals surface area contributed by atoms with Gasteiger partial charge in [0.05, 0.1) is 6.54 Å². The van der Waals surface area contributed by atoms with Gasteiger partial charge in [-0.15, -0.1) is 0 Å². The van der Waals surface area contributed by atoms with Gasteiger partial charge in [-0.3, -0.25) is 4.79 Å². The second-order valence-corrected chi connectivity index (χ2v) is 5.12. The number of para-hydroxylation sites is 1. The highest BCUT2D eigenvalue weighted by atomic mass is 19.4. The lowest BCUT2D eigenvalue weighted by Gasteiger charge is -2.33. The Morgan fingerprint density at radius 1 is 1.27 bits per heavy atom. The van der Waals surface area contributed by atoms with Crippen LogP contribution < -0.4 is 0 Å². The van der Waals surface area contributed by atoms with E-state index >= 15 is 0 Å². The number of nitrogens with one attached hydrogen (secondary N) is 1. The van der Waals surface area contributed by atoms with E-state index in [1.165, 1.54) is 0 Å². The lowest BCUT2D eigenvalue weighted by atomic mass is 9.96. The van der Waals surface area contributed by atoms with Crippen LogP contribution in [0.2, 0.25) is 0 Å². The molecule has 2 N–H and O–H groups in total. The van der Waals surface area contributed by atoms with E-state index in [1.54, 1.807) is 24.3 Å². The van der Waals surface area contributed by atoms with E-state index in [0.717, 1.165) is 5.39 Å². The second-order valence-electron chi connectivity index (χ2n) is 5.12. The number of aromatic nitrogens is 1. The third-order valence-electron chi connectivity index (χ3n) is 3.79. The van der Waals surface area contributed by atoms with E-state index in [2.05, 4.69) is 4.98 Å². The summed E-state index contributed by atoms with van der Waals surface area (Å²) in [6, 6.07) is 5.52. The molecular formula is C14H11F3N2O3. The molecule has 0 aliphatic carbocycles. The minimum Gasteiger partial charge on any atom is -0.480 e. The topological polar surface area (TPSA) is 73.4 Å². The van der Waals surface area contributed by atoms with Crippen molar-refractivity contribution in [2.45, 2.75) is 25.2 Å². The van der Waals surface area contributed by atoms with Crippen molar-refractivity contribution in [1.82, 2.24) is 9.88 Å². The van der Waals surface area contributed by atoms with Crippen LogP contribution in [0.1, 0.15) is 11.3 Å². The molecule has 116 valence electrons. The van der Waals surface area contributed by atoms with Crippen LogP contribution in [0.5, 0.6) is 0 Å². The van der Waals surface area contributed by atoms with Gasteiger partial charge in [-0.05, 0) is 11.6 Å². The van der Waals surface area contributed by atoms with Crippen LogP contribution in [0.15, 0.2) is 24.3 Å². The summed E-state index contributed by atoms with van der Waals surface area (Å²) in [5.74, 6) is -3.59. The molecule has 1 aliphatic rings. The van der Waals surface area contributed by atoms with E-state index in [1.807, 2.05) is 0 Å². The molecule has 3 rings (SSSR count). The molecule has 0 radical (unpaired) electrons. The predicted molar refractivity (Wildman–Crippen MR) is 70.0 cm³/mol. The molecule has 0 fully saturated rings. The van der Waals surface area contributed by atoms with Crippen LogP contribution in [-0.4, -0.2) is 39.1 Å². The highest BCUT2D eigenvalue weighted by Crippen LogP contribution is 2.32. The molecule has 1 aromatic heterocycles. The fourth-order valence-electron chi connectivity index (χ4n) is 2.80. The van der Waals surface area contributed by atoms with Crippen LogP contribution >= 0.6 is 0 Å². The molecule has 0 spiro atoms. The molecule has 0 saturated heterocycles. The lowest BCUT2D eigenvalue weighted by molar-refractivity contribution is -0.191. The molecule has 8 heteroatoms. The smallest absolute Gasteiger partial charge is 0.471 e. The maximum atomic E-state index is 12.7. The number of carbonyl (C=O) groups excluding carboxylic acids is 1. The number of halogens is 3. The number of H-pyrrole nitrogens is 1. The number of hydrogen-bond donors (Lipinski definition) is 2. The molecule has 2 aromatic rings. The Bertz CT molecular complexity index is 766. The van der Waals surface area contributed by atoms with Crippen LogP contribution in [0.3, 0.4) is 0 Å². The van der Waals surface area contributed by atoms with Crippen molar-refractivity contribution in [1.29, 1.82) is 0 Å². The Hall–Kier alpha value is -2.51. The summed E-state index contributed by atoms with van der Waals surface area (Å²) in [4.78, 5) is 26.1. The third-order valence-corrected chi connectivity index (χ3v) is 3.79. The van der Waals surface area contributed by atoms with Crippen molar-refractivity contribution in [2.75, 3.05) is 0 Å². The Labute approximate surface area is 122 Å². The number of hydrogen-bond acceptors (Lipinski definition) is 2. The minimum atomic E-state index is -5.10. The summed E-state index contributed by atoms with van der Waals surface area (Å²) < 4.78 is 38.0. The number of alkyl halides is 3. The molecule has 2 heterocycles. The van der Waals surface area contributed by atoms with Crippen molar-refractivity contribution in [3.05, 3.63) is 35.5 Å². The fourth-order valence-corrected chi connectivity index (χ4v) is 2.80. The van der Waals surface area contributed by atoms with Gasteiger partial charge in [-0.2, -0.15) is 13.2 Å². The van der Waals surface area contributed by atoms with Gasteiger partial charge in [0.15, 0.2) is 0 Å². The van der Waals surface area contributed by atoms with Crippen molar-refractivity contribution in [3.63, 3.8) is 0 Å². The highest BCUT2D eigenvalue weighted by Gasteiger charge is 2.48. The summed E-state index contributed by atoms with van der Waals surface area (Å²) >= 11 is 0. The minimum absolute atomic E-state index is 0.156. The molecule has 1 aliphatic heterocycles. The number of amides is 1. The first-order valence-corrected chi connectivity index (χ1v) is 6.48. The molecule has 0 unspecified atom stereocenters. The molecular weight excluding hydrogens is 301 g/mol. The fraction of sp³-hybridized carbons (Fsp3) is 0.286. The first-order chi connectivity index (χ1) is 10.3. The van der Waals surface area contributed by atoms with Gasteiger partial charge < -0.3 is 15.0 Å². The molecule has 0 saturated carbocycles. The summed E-state index contributed by atoms with van der Waals surface area (Å²) in [6.45, 7) is -0.403. The Balaban J connectivity index is 2.07. The summed E-state index contributed by atoms with van der Waals surface area (Å²) in [5.41, 5.74) is 1.79. The van der Waals surface area contributed by atoms with Crippen LogP contribution in [0.25, 0.3) is 10.9 Å². The third kappa shape index (κ3) is 2.20. The number of aromatic amines is 1. The lowest BCUT2D eigenvalue weighted by Crippen LogP contribution is -2.52. The van der Waals surface area contributed by atoms with Crippen molar-refractivity contribution >= 4 is 22.8 Å². The molecule has 1 atom stereocenters. The van der Waals surface area contributed by atoms with Crippen molar-refractivity contribution < 1.29 is 27.9 Å². The van der Waals surface area contributed by atoms with Gasteiger partial charge >= 0.3 is 18.1 Å². The zero-order valence-electron chi connectivity index (χ0n) is 11.1. The van der Waals surface area contributed by atoms with E-state index in [4.69, 9.17) is 0 Å². The maximum Gasteiger partial charge on any atom is 0.471 e. The number of nitrogens with zero attached hydrogens (tertiary/aromatic N) is 1. The highest BCUT2D eigenvalue weighted by molar-refractivity contribution is 5.90. The van der Waals surface area contributed by atoms with Crippen LogP contribution in [0.4, 0.5) is 13.2 Å². The van der Waals surface area contributed by atoms with Gasteiger partial charge in [-0.25, -0.2) is 4.79 Å². The summed E-state index contributed by atoms with van der Waals surface area (Å²) in [5, 5.41) is 9.95. The van der Waals surface area contributed by atoms with Crippen molar-refractivity contribution in [2.24, 2.45) is 0 Å². The number of rotatable bonds is 1. The van der Waals surface area contributed by atoms with Gasteiger partial charge in [-0.1, -0.05) is 18.2 Å². The second kappa shape index (κ2) is 4.75. The average Bonchev–Trinajstić information content (AvgIpc) is 2.81. The average molecular weight is 312 g/mol. The molecule has 0 bridgehead atoms. The number of carboxylic acid groups (broad SMARTS) is 1. The summed E-state index contributed by atoms with van der Waals surface area (Å²) in [6.07, 6.45) is -5.26. The quantitative estimate of drug-likeness (QED) is 0.846. The van der Waals surface area contributed by atoms with E-state index in [-0.39, 0.29) is 6.42 Å². The largest absolute Gasteiger partial charge is 0.480 e. The standard InChI is InChI=1S/C14H11F3N2O3/c15-14(16,17)13(22)19-6-10-8(5-11(19)12(20)21)7-3-1-2-4-9(7)18-10/h1-4,11,18H,5-6H2,(H,20,21)/t11-/m0/s1. The van der Waals surface area contributed by atoms with Gasteiger partial charge in [0.2, 0.25) is 0 Å². The maximum absolute atomic E-state index is 12.7. The molecule has 1 amide bonds. The first-order valence-electron chi connectivity index (χ1n) is 6.48. The predicted octanol–water partition coefficient (Wildman–Crippen LogP) is 2.07. The SMILES string of the molecule is O=C(O)[C@@H]1Cc2c([nH]c3ccccc23)CN1C(=O)C(F)(F)F. The zero-order valence-corrected chi connectivity index (χ0v) is 11.1. The van der Waals surface area contributed by atoms with Gasteiger partial charge in [0.25, 0.3) is 0 Å². The number of carbonyl (C=O) groups is 2. The van der Waals surface area contributed by atoms with E-state index in [9.17, 15) is 27.9 Å². The van der Waals surface area contributed by atoms with Crippen LogP contribution in [0, 0.1) is 0 Å². The monoisotopic (exact) mass is 312 g/mol. The molecule has 22 heavy (non-hydrogen) atoms. The summed E-state index contributed by atoms with van der Waals surface area (Å²) in [7, 11) is 0. The number of fused-ring (bicyclic) bond motifs is 3. The first kappa shape index (κ1) is 14.4. The zero-order chi connectivity index (χ0) is 16.1. The van der Waals surface area contributed by atoms with Gasteiger partial charge in [0, 0.05) is 23.0 Å². The van der Waals surface area contributed by atoms with Gasteiger partial charge in [0.1, 0.15) is 6.04 Å². The number of aliphatic carboxylic acids is 1. The number of carboxylic acids is 1. The van der Waals surface area contributed by atoms with Crippen LogP contribution in [-0.2, 0) is 22.6 Å². The number of benzene rings is 1. The van der Waals surface area contributed by atoms with E-state index in [0.29, 0.717) is 21.7 Å². The molecule has 5 nitrogen and oxygen atoms in total. The van der Waals surface area contributed by atoms with Crippen molar-refractivity contribution in [3.8, 4) is 0 Å². The Morgan fingerprint density at radius 2 is 1.95 bits per heavy atom. The Morgan fingerprint density at radius 3 is 2.59 bits per heavy atom. The Kier molecular flexibility index (Phi) is 3.12.